The SMILES string of the molecule is CO[Si](OC)(C1C=Cc2ccccc21)C(C)(C)C. The van der Waals surface area contributed by atoms with E-state index in [2.05, 4.69) is 57.2 Å². The lowest BCUT2D eigenvalue weighted by Gasteiger charge is -2.42. The van der Waals surface area contributed by atoms with Crippen LogP contribution in [0.5, 0.6) is 0 Å². The predicted molar refractivity (Wildman–Crippen MR) is 77.7 cm³/mol. The second-order valence-electron chi connectivity index (χ2n) is 5.79. The van der Waals surface area contributed by atoms with E-state index in [0.29, 0.717) is 0 Å². The van der Waals surface area contributed by atoms with Crippen LogP contribution >= 0.6 is 0 Å². The molecule has 18 heavy (non-hydrogen) atoms. The van der Waals surface area contributed by atoms with Crippen molar-refractivity contribution in [3.8, 4) is 0 Å². The van der Waals surface area contributed by atoms with Gasteiger partial charge in [-0.25, -0.2) is 0 Å². The highest BCUT2D eigenvalue weighted by Crippen LogP contribution is 2.49. The highest BCUT2D eigenvalue weighted by atomic mass is 28.4. The minimum atomic E-state index is -2.35. The lowest BCUT2D eigenvalue weighted by Crippen LogP contribution is -2.53. The minimum Gasteiger partial charge on any atom is -0.397 e. The van der Waals surface area contributed by atoms with Crippen molar-refractivity contribution in [2.45, 2.75) is 31.4 Å². The lowest BCUT2D eigenvalue weighted by atomic mass is 10.1. The zero-order valence-corrected chi connectivity index (χ0v) is 12.9. The van der Waals surface area contributed by atoms with Crippen molar-refractivity contribution in [1.29, 1.82) is 0 Å². The Bertz CT molecular complexity index is 456. The zero-order chi connectivity index (χ0) is 13.4. The number of hydrogen-bond acceptors (Lipinski definition) is 2. The first-order valence-electron chi connectivity index (χ1n) is 6.33. The predicted octanol–water partition coefficient (Wildman–Crippen LogP) is 3.87. The Balaban J connectivity index is 2.51. The molecule has 0 aromatic heterocycles. The molecule has 0 aliphatic heterocycles. The largest absolute Gasteiger partial charge is 0.397 e. The summed E-state index contributed by atoms with van der Waals surface area (Å²) in [6.07, 6.45) is 4.43. The normalized spacial score (nSPS) is 19.1. The summed E-state index contributed by atoms with van der Waals surface area (Å²) in [4.78, 5) is 0. The first-order valence-corrected chi connectivity index (χ1v) is 8.23. The molecular formula is C15H22O2Si. The third kappa shape index (κ3) is 1.87. The van der Waals surface area contributed by atoms with Crippen LogP contribution in [0.1, 0.15) is 37.4 Å². The van der Waals surface area contributed by atoms with Crippen molar-refractivity contribution >= 4 is 14.6 Å². The molecule has 0 fully saturated rings. The number of benzene rings is 1. The van der Waals surface area contributed by atoms with Gasteiger partial charge in [0.05, 0.1) is 0 Å². The quantitative estimate of drug-likeness (QED) is 0.770. The number of fused-ring (bicyclic) bond motifs is 1. The zero-order valence-electron chi connectivity index (χ0n) is 11.9. The summed E-state index contributed by atoms with van der Waals surface area (Å²) < 4.78 is 11.9. The van der Waals surface area contributed by atoms with Gasteiger partial charge in [-0.15, -0.1) is 0 Å². The Morgan fingerprint density at radius 2 is 1.67 bits per heavy atom. The minimum absolute atomic E-state index is 0.0168. The Morgan fingerprint density at radius 3 is 2.22 bits per heavy atom. The van der Waals surface area contributed by atoms with Crippen molar-refractivity contribution in [3.05, 3.63) is 41.5 Å². The molecule has 0 saturated carbocycles. The van der Waals surface area contributed by atoms with E-state index in [1.807, 2.05) is 0 Å². The monoisotopic (exact) mass is 262 g/mol. The van der Waals surface area contributed by atoms with Crippen LogP contribution in [0.2, 0.25) is 5.04 Å². The molecule has 1 aromatic carbocycles. The standard InChI is InChI=1S/C15H22O2Si/c1-15(2,3)18(16-4,17-5)14-11-10-12-8-6-7-9-13(12)14/h6-11,14H,1-5H3. The number of hydrogen-bond donors (Lipinski definition) is 0. The van der Waals surface area contributed by atoms with E-state index in [9.17, 15) is 0 Å². The molecular weight excluding hydrogens is 240 g/mol. The Morgan fingerprint density at radius 1 is 1.06 bits per heavy atom. The van der Waals surface area contributed by atoms with Gasteiger partial charge in [-0.2, -0.15) is 0 Å². The first kappa shape index (κ1) is 13.5. The average molecular weight is 262 g/mol. The molecule has 0 amide bonds. The van der Waals surface area contributed by atoms with Crippen molar-refractivity contribution < 1.29 is 8.85 Å². The molecule has 0 spiro atoms. The molecule has 1 aromatic rings. The van der Waals surface area contributed by atoms with Crippen LogP contribution in [0.25, 0.3) is 6.08 Å². The molecule has 98 valence electrons. The Labute approximate surface area is 111 Å². The Kier molecular flexibility index (Phi) is 3.49. The molecule has 0 bridgehead atoms. The molecule has 0 saturated heterocycles. The second kappa shape index (κ2) is 4.65. The van der Waals surface area contributed by atoms with Crippen LogP contribution in [0.3, 0.4) is 0 Å². The summed E-state index contributed by atoms with van der Waals surface area (Å²) in [6.45, 7) is 6.63. The number of allylic oxidation sites excluding steroid dienone is 1. The topological polar surface area (TPSA) is 18.5 Å². The average Bonchev–Trinajstić information content (AvgIpc) is 2.74. The fourth-order valence-electron chi connectivity index (χ4n) is 3.00. The number of rotatable bonds is 3. The van der Waals surface area contributed by atoms with Gasteiger partial charge in [0.25, 0.3) is 0 Å². The van der Waals surface area contributed by atoms with Gasteiger partial charge in [0, 0.05) is 24.8 Å². The summed E-state index contributed by atoms with van der Waals surface area (Å²) in [5.41, 5.74) is 2.89. The summed E-state index contributed by atoms with van der Waals surface area (Å²) in [5.74, 6) is 0. The maximum Gasteiger partial charge on any atom is 0.354 e. The highest BCUT2D eigenvalue weighted by molar-refractivity contribution is 6.72. The molecule has 2 nitrogen and oxygen atoms in total. The molecule has 1 atom stereocenters. The van der Waals surface area contributed by atoms with Gasteiger partial charge in [-0.05, 0) is 11.1 Å². The van der Waals surface area contributed by atoms with Crippen LogP contribution in [-0.2, 0) is 8.85 Å². The van der Waals surface area contributed by atoms with Crippen LogP contribution in [0.4, 0.5) is 0 Å². The maximum absolute atomic E-state index is 5.96. The van der Waals surface area contributed by atoms with Crippen LogP contribution < -0.4 is 0 Å². The Hall–Kier alpha value is -0.903. The van der Waals surface area contributed by atoms with E-state index >= 15 is 0 Å². The molecule has 3 heteroatoms. The molecule has 1 aliphatic carbocycles. The van der Waals surface area contributed by atoms with E-state index in [-0.39, 0.29) is 10.6 Å². The van der Waals surface area contributed by atoms with Gasteiger partial charge in [0.2, 0.25) is 0 Å². The van der Waals surface area contributed by atoms with Gasteiger partial charge in [-0.1, -0.05) is 57.2 Å². The van der Waals surface area contributed by atoms with Gasteiger partial charge in [0.15, 0.2) is 0 Å². The molecule has 2 rings (SSSR count). The van der Waals surface area contributed by atoms with E-state index in [0.717, 1.165) is 0 Å². The van der Waals surface area contributed by atoms with E-state index in [1.165, 1.54) is 11.1 Å². The molecule has 0 radical (unpaired) electrons. The molecule has 1 unspecified atom stereocenters. The van der Waals surface area contributed by atoms with Crippen LogP contribution in [0, 0.1) is 0 Å². The van der Waals surface area contributed by atoms with Crippen molar-refractivity contribution in [2.75, 3.05) is 14.2 Å². The smallest absolute Gasteiger partial charge is 0.354 e. The van der Waals surface area contributed by atoms with Gasteiger partial charge >= 0.3 is 8.56 Å². The van der Waals surface area contributed by atoms with Crippen molar-refractivity contribution in [3.63, 3.8) is 0 Å². The van der Waals surface area contributed by atoms with Gasteiger partial charge in [-0.3, -0.25) is 0 Å². The summed E-state index contributed by atoms with van der Waals surface area (Å²) in [6, 6.07) is 8.50. The molecule has 1 aliphatic rings. The first-order chi connectivity index (χ1) is 8.46. The third-order valence-corrected chi connectivity index (χ3v) is 8.49. The maximum atomic E-state index is 5.96. The fourth-order valence-corrected chi connectivity index (χ4v) is 6.85. The van der Waals surface area contributed by atoms with Crippen LogP contribution in [-0.4, -0.2) is 22.8 Å². The molecule has 0 heterocycles. The van der Waals surface area contributed by atoms with Crippen molar-refractivity contribution in [1.82, 2.24) is 0 Å². The fraction of sp³-hybridized carbons (Fsp3) is 0.467. The van der Waals surface area contributed by atoms with Gasteiger partial charge < -0.3 is 8.85 Å². The van der Waals surface area contributed by atoms with E-state index in [4.69, 9.17) is 8.85 Å². The van der Waals surface area contributed by atoms with Crippen LogP contribution in [0.15, 0.2) is 30.3 Å². The van der Waals surface area contributed by atoms with E-state index < -0.39 is 8.56 Å². The summed E-state index contributed by atoms with van der Waals surface area (Å²) in [5, 5.41) is 0.0168. The second-order valence-corrected chi connectivity index (χ2v) is 10.1. The lowest BCUT2D eigenvalue weighted by molar-refractivity contribution is 0.207. The highest BCUT2D eigenvalue weighted by Gasteiger charge is 2.55. The third-order valence-electron chi connectivity index (χ3n) is 3.86. The summed E-state index contributed by atoms with van der Waals surface area (Å²) >= 11 is 0. The van der Waals surface area contributed by atoms with Crippen molar-refractivity contribution in [2.24, 2.45) is 0 Å². The van der Waals surface area contributed by atoms with Gasteiger partial charge in [0.1, 0.15) is 0 Å². The summed E-state index contributed by atoms with van der Waals surface area (Å²) in [7, 11) is 1.22. The molecule has 0 N–H and O–H groups in total. The van der Waals surface area contributed by atoms with E-state index in [1.54, 1.807) is 14.2 Å².